The molecule has 0 saturated heterocycles. The van der Waals surface area contributed by atoms with E-state index < -0.39 is 5.60 Å². The SMILES string of the molecule is CC(C)(O)C(=CC#N)Sc1nc2ccccc2s1. The number of thioether (sulfide) groups is 1. The lowest BCUT2D eigenvalue weighted by atomic mass is 10.1. The zero-order chi connectivity index (χ0) is 13.2. The molecule has 1 aromatic heterocycles. The highest BCUT2D eigenvalue weighted by atomic mass is 32.2. The number of nitriles is 1. The Morgan fingerprint density at radius 1 is 1.50 bits per heavy atom. The van der Waals surface area contributed by atoms with Gasteiger partial charge in [0, 0.05) is 11.0 Å². The zero-order valence-electron chi connectivity index (χ0n) is 10.0. The molecule has 1 N–H and O–H groups in total. The Morgan fingerprint density at radius 3 is 2.83 bits per heavy atom. The number of para-hydroxylation sites is 1. The maximum atomic E-state index is 9.98. The van der Waals surface area contributed by atoms with E-state index in [-0.39, 0.29) is 0 Å². The maximum Gasteiger partial charge on any atom is 0.155 e. The molecule has 0 radical (unpaired) electrons. The van der Waals surface area contributed by atoms with Gasteiger partial charge in [-0.15, -0.1) is 11.3 Å². The van der Waals surface area contributed by atoms with Crippen LogP contribution < -0.4 is 0 Å². The number of aliphatic hydroxyl groups is 1. The molecule has 0 amide bonds. The van der Waals surface area contributed by atoms with Gasteiger partial charge in [0.15, 0.2) is 4.34 Å². The lowest BCUT2D eigenvalue weighted by molar-refractivity contribution is 0.129. The fraction of sp³-hybridized carbons (Fsp3) is 0.231. The molecule has 0 fully saturated rings. The van der Waals surface area contributed by atoms with Crippen molar-refractivity contribution in [2.45, 2.75) is 23.8 Å². The summed E-state index contributed by atoms with van der Waals surface area (Å²) in [6.07, 6.45) is 1.37. The van der Waals surface area contributed by atoms with E-state index in [2.05, 4.69) is 4.98 Å². The molecule has 0 spiro atoms. The Balaban J connectivity index is 2.33. The number of allylic oxidation sites excluding steroid dienone is 1. The van der Waals surface area contributed by atoms with Gasteiger partial charge in [0.25, 0.3) is 0 Å². The van der Waals surface area contributed by atoms with Gasteiger partial charge in [0.2, 0.25) is 0 Å². The van der Waals surface area contributed by atoms with Gasteiger partial charge in [-0.2, -0.15) is 5.26 Å². The number of benzene rings is 1. The third-order valence-electron chi connectivity index (χ3n) is 2.27. The highest BCUT2D eigenvalue weighted by Gasteiger charge is 2.21. The van der Waals surface area contributed by atoms with E-state index in [4.69, 9.17) is 5.26 Å². The van der Waals surface area contributed by atoms with Gasteiger partial charge in [-0.05, 0) is 26.0 Å². The molecule has 2 aromatic rings. The summed E-state index contributed by atoms with van der Waals surface area (Å²) < 4.78 is 1.94. The normalized spacial score (nSPS) is 12.7. The summed E-state index contributed by atoms with van der Waals surface area (Å²) in [4.78, 5) is 5.07. The van der Waals surface area contributed by atoms with Crippen LogP contribution in [0.25, 0.3) is 10.2 Å². The molecular formula is C13H12N2OS2. The summed E-state index contributed by atoms with van der Waals surface area (Å²) in [5, 5.41) is 18.7. The second kappa shape index (κ2) is 5.11. The third-order valence-corrected chi connectivity index (χ3v) is 4.70. The standard InChI is InChI=1S/C13H12N2OS2/c1-13(2,16)11(7-8-14)18-12-15-9-5-3-4-6-10(9)17-12/h3-7,16H,1-2H3. The molecule has 0 atom stereocenters. The first kappa shape index (κ1) is 13.1. The van der Waals surface area contributed by atoms with Crippen LogP contribution in [0.1, 0.15) is 13.8 Å². The average molecular weight is 276 g/mol. The van der Waals surface area contributed by atoms with Crippen LogP contribution in [0.4, 0.5) is 0 Å². The molecule has 0 aliphatic heterocycles. The fourth-order valence-corrected chi connectivity index (χ4v) is 3.47. The molecule has 3 nitrogen and oxygen atoms in total. The fourth-order valence-electron chi connectivity index (χ4n) is 1.38. The van der Waals surface area contributed by atoms with Gasteiger partial charge < -0.3 is 5.11 Å². The predicted octanol–water partition coefficient (Wildman–Crippen LogP) is 3.57. The summed E-state index contributed by atoms with van der Waals surface area (Å²) in [5.74, 6) is 0. The Bertz CT molecular complexity index is 599. The monoisotopic (exact) mass is 276 g/mol. The van der Waals surface area contributed by atoms with Crippen molar-refractivity contribution in [2.75, 3.05) is 0 Å². The molecule has 0 unspecified atom stereocenters. The topological polar surface area (TPSA) is 56.9 Å². The van der Waals surface area contributed by atoms with Crippen LogP contribution >= 0.6 is 23.1 Å². The Labute approximate surface area is 114 Å². The Hall–Kier alpha value is -1.35. The van der Waals surface area contributed by atoms with Gasteiger partial charge in [-0.3, -0.25) is 0 Å². The third kappa shape index (κ3) is 2.91. The van der Waals surface area contributed by atoms with E-state index in [0.29, 0.717) is 4.91 Å². The summed E-state index contributed by atoms with van der Waals surface area (Å²) in [6, 6.07) is 9.84. The van der Waals surface area contributed by atoms with Gasteiger partial charge in [-0.1, -0.05) is 23.9 Å². The van der Waals surface area contributed by atoms with E-state index in [1.807, 2.05) is 30.3 Å². The van der Waals surface area contributed by atoms with E-state index in [1.165, 1.54) is 17.8 Å². The molecule has 18 heavy (non-hydrogen) atoms. The molecule has 2 rings (SSSR count). The lowest BCUT2D eigenvalue weighted by Gasteiger charge is -2.18. The number of hydrogen-bond acceptors (Lipinski definition) is 5. The van der Waals surface area contributed by atoms with Crippen molar-refractivity contribution in [3.63, 3.8) is 0 Å². The number of aromatic nitrogens is 1. The first-order valence-corrected chi connectivity index (χ1v) is 7.00. The quantitative estimate of drug-likeness (QED) is 0.688. The Kier molecular flexibility index (Phi) is 3.71. The van der Waals surface area contributed by atoms with Crippen LogP contribution in [0.2, 0.25) is 0 Å². The highest BCUT2D eigenvalue weighted by molar-refractivity contribution is 8.04. The minimum Gasteiger partial charge on any atom is -0.385 e. The number of nitrogens with zero attached hydrogens (tertiary/aromatic N) is 2. The van der Waals surface area contributed by atoms with Crippen LogP contribution in [-0.2, 0) is 0 Å². The average Bonchev–Trinajstić information content (AvgIpc) is 2.69. The predicted molar refractivity (Wildman–Crippen MR) is 75.5 cm³/mol. The van der Waals surface area contributed by atoms with Crippen molar-refractivity contribution in [1.82, 2.24) is 4.98 Å². The molecule has 92 valence electrons. The van der Waals surface area contributed by atoms with E-state index in [1.54, 1.807) is 25.2 Å². The van der Waals surface area contributed by atoms with Crippen molar-refractivity contribution >= 4 is 33.3 Å². The lowest BCUT2D eigenvalue weighted by Crippen LogP contribution is -2.19. The van der Waals surface area contributed by atoms with E-state index >= 15 is 0 Å². The number of fused-ring (bicyclic) bond motifs is 1. The summed E-state index contributed by atoms with van der Waals surface area (Å²) in [7, 11) is 0. The maximum absolute atomic E-state index is 9.98. The number of rotatable bonds is 3. The molecular weight excluding hydrogens is 264 g/mol. The highest BCUT2D eigenvalue weighted by Crippen LogP contribution is 2.37. The molecule has 0 aliphatic rings. The molecule has 1 aromatic carbocycles. The first-order chi connectivity index (χ1) is 8.50. The molecule has 0 bridgehead atoms. The van der Waals surface area contributed by atoms with Crippen LogP contribution in [0.5, 0.6) is 0 Å². The number of thiazole rings is 1. The second-order valence-corrected chi connectivity index (χ2v) is 6.57. The minimum atomic E-state index is -1.03. The van der Waals surface area contributed by atoms with Crippen LogP contribution in [-0.4, -0.2) is 15.7 Å². The molecule has 1 heterocycles. The molecule has 0 aliphatic carbocycles. The second-order valence-electron chi connectivity index (χ2n) is 4.25. The first-order valence-electron chi connectivity index (χ1n) is 5.37. The van der Waals surface area contributed by atoms with Crippen LogP contribution in [0, 0.1) is 11.3 Å². The van der Waals surface area contributed by atoms with Crippen LogP contribution in [0.3, 0.4) is 0 Å². The van der Waals surface area contributed by atoms with Crippen molar-refractivity contribution in [3.8, 4) is 6.07 Å². The van der Waals surface area contributed by atoms with Gasteiger partial charge in [0.1, 0.15) is 0 Å². The largest absolute Gasteiger partial charge is 0.385 e. The molecule has 5 heteroatoms. The molecule has 0 saturated carbocycles. The van der Waals surface area contributed by atoms with Crippen molar-refractivity contribution < 1.29 is 5.11 Å². The van der Waals surface area contributed by atoms with Crippen LogP contribution in [0.15, 0.2) is 39.6 Å². The minimum absolute atomic E-state index is 0.601. The summed E-state index contributed by atoms with van der Waals surface area (Å²) in [6.45, 7) is 3.33. The van der Waals surface area contributed by atoms with Gasteiger partial charge in [0.05, 0.1) is 21.9 Å². The van der Waals surface area contributed by atoms with Crippen molar-refractivity contribution in [3.05, 3.63) is 35.2 Å². The summed E-state index contributed by atoms with van der Waals surface area (Å²) in [5.41, 5.74) is -0.0878. The summed E-state index contributed by atoms with van der Waals surface area (Å²) >= 11 is 2.90. The van der Waals surface area contributed by atoms with Gasteiger partial charge >= 0.3 is 0 Å². The Morgan fingerprint density at radius 2 is 2.22 bits per heavy atom. The van der Waals surface area contributed by atoms with E-state index in [0.717, 1.165) is 14.6 Å². The number of hydrogen-bond donors (Lipinski definition) is 1. The van der Waals surface area contributed by atoms with Crippen molar-refractivity contribution in [1.29, 1.82) is 5.26 Å². The zero-order valence-corrected chi connectivity index (χ0v) is 11.7. The smallest absolute Gasteiger partial charge is 0.155 e. The van der Waals surface area contributed by atoms with E-state index in [9.17, 15) is 5.11 Å². The van der Waals surface area contributed by atoms with Gasteiger partial charge in [-0.25, -0.2) is 4.98 Å². The van der Waals surface area contributed by atoms with Crippen molar-refractivity contribution in [2.24, 2.45) is 0 Å².